The number of nitrogens with one attached hydrogen (secondary N) is 1. The van der Waals surface area contributed by atoms with Crippen molar-refractivity contribution in [1.82, 2.24) is 5.32 Å². The number of aliphatic carboxylic acids is 1. The maximum atomic E-state index is 11.8. The van der Waals surface area contributed by atoms with Gasteiger partial charge in [0, 0.05) is 5.92 Å². The molecular weight excluding hydrogens is 210 g/mol. The molecule has 2 aliphatic rings. The van der Waals surface area contributed by atoms with Crippen LogP contribution in [0.3, 0.4) is 0 Å². The quantitative estimate of drug-likeness (QED) is 0.630. The van der Waals surface area contributed by atoms with Gasteiger partial charge in [-0.15, -0.1) is 0 Å². The Morgan fingerprint density at radius 2 is 1.88 bits per heavy atom. The molecule has 0 saturated heterocycles. The van der Waals surface area contributed by atoms with Crippen molar-refractivity contribution >= 4 is 11.9 Å². The van der Waals surface area contributed by atoms with Crippen LogP contribution in [-0.4, -0.2) is 34.2 Å². The fraction of sp³-hybridized carbons (Fsp3) is 0.818. The summed E-state index contributed by atoms with van der Waals surface area (Å²) in [5.41, 5.74) is 0. The summed E-state index contributed by atoms with van der Waals surface area (Å²) in [7, 11) is 0. The van der Waals surface area contributed by atoms with Crippen LogP contribution in [0.5, 0.6) is 0 Å². The summed E-state index contributed by atoms with van der Waals surface area (Å²) >= 11 is 0. The van der Waals surface area contributed by atoms with Crippen LogP contribution >= 0.6 is 0 Å². The highest BCUT2D eigenvalue weighted by Gasteiger charge is 2.56. The van der Waals surface area contributed by atoms with Gasteiger partial charge in [-0.2, -0.15) is 0 Å². The molecule has 0 spiro atoms. The van der Waals surface area contributed by atoms with E-state index in [2.05, 4.69) is 5.32 Å². The van der Waals surface area contributed by atoms with Gasteiger partial charge in [0.2, 0.25) is 5.91 Å². The molecule has 90 valence electrons. The second kappa shape index (κ2) is 4.05. The third-order valence-corrected chi connectivity index (χ3v) is 3.76. The topological polar surface area (TPSA) is 86.6 Å². The van der Waals surface area contributed by atoms with Crippen molar-refractivity contribution in [2.45, 2.75) is 38.3 Å². The Hall–Kier alpha value is -1.10. The molecule has 2 aliphatic carbocycles. The molecule has 0 aromatic heterocycles. The summed E-state index contributed by atoms with van der Waals surface area (Å²) in [4.78, 5) is 22.5. The monoisotopic (exact) mass is 227 g/mol. The molecule has 3 N–H and O–H groups in total. The molecule has 2 fully saturated rings. The molecular formula is C11H17NO4. The Kier molecular flexibility index (Phi) is 2.88. The van der Waals surface area contributed by atoms with Gasteiger partial charge in [-0.3, -0.25) is 4.79 Å². The van der Waals surface area contributed by atoms with Gasteiger partial charge in [0.05, 0.1) is 6.10 Å². The maximum Gasteiger partial charge on any atom is 0.328 e. The summed E-state index contributed by atoms with van der Waals surface area (Å²) < 4.78 is 0. The van der Waals surface area contributed by atoms with Crippen LogP contribution < -0.4 is 5.32 Å². The highest BCUT2D eigenvalue weighted by atomic mass is 16.4. The lowest BCUT2D eigenvalue weighted by molar-refractivity contribution is -0.145. The third-order valence-electron chi connectivity index (χ3n) is 3.76. The van der Waals surface area contributed by atoms with Crippen molar-refractivity contribution in [3.63, 3.8) is 0 Å². The van der Waals surface area contributed by atoms with E-state index in [9.17, 15) is 14.7 Å². The predicted molar refractivity (Wildman–Crippen MR) is 55.6 cm³/mol. The van der Waals surface area contributed by atoms with Crippen molar-refractivity contribution in [1.29, 1.82) is 0 Å². The lowest BCUT2D eigenvalue weighted by Crippen LogP contribution is -2.48. The SMILES string of the molecule is C[C@@H](O)[C@H](NC(=O)C1C2CCCC21)C(=O)O. The van der Waals surface area contributed by atoms with Crippen molar-refractivity contribution < 1.29 is 19.8 Å². The zero-order chi connectivity index (χ0) is 11.9. The number of rotatable bonds is 4. The smallest absolute Gasteiger partial charge is 0.328 e. The van der Waals surface area contributed by atoms with E-state index in [1.54, 1.807) is 0 Å². The first-order valence-electron chi connectivity index (χ1n) is 5.73. The van der Waals surface area contributed by atoms with Crippen LogP contribution in [-0.2, 0) is 9.59 Å². The fourth-order valence-electron chi connectivity index (χ4n) is 2.85. The molecule has 0 bridgehead atoms. The van der Waals surface area contributed by atoms with E-state index in [0.29, 0.717) is 11.8 Å². The molecule has 5 heteroatoms. The Labute approximate surface area is 93.8 Å². The van der Waals surface area contributed by atoms with Crippen molar-refractivity contribution in [3.8, 4) is 0 Å². The highest BCUT2D eigenvalue weighted by Crippen LogP contribution is 2.57. The number of aliphatic hydroxyl groups is 1. The average Bonchev–Trinajstić information content (AvgIpc) is 2.67. The molecule has 0 aromatic rings. The van der Waals surface area contributed by atoms with Crippen molar-refractivity contribution in [2.24, 2.45) is 17.8 Å². The van der Waals surface area contributed by atoms with E-state index in [4.69, 9.17) is 5.11 Å². The number of hydrogen-bond donors (Lipinski definition) is 3. The molecule has 1 amide bonds. The third kappa shape index (κ3) is 1.91. The van der Waals surface area contributed by atoms with Crippen molar-refractivity contribution in [2.75, 3.05) is 0 Å². The van der Waals surface area contributed by atoms with Gasteiger partial charge >= 0.3 is 5.97 Å². The van der Waals surface area contributed by atoms with Gasteiger partial charge in [-0.05, 0) is 31.6 Å². The number of carbonyl (C=O) groups excluding carboxylic acids is 1. The lowest BCUT2D eigenvalue weighted by atomic mass is 10.1. The largest absolute Gasteiger partial charge is 0.480 e. The minimum Gasteiger partial charge on any atom is -0.480 e. The minimum atomic E-state index is -1.19. The van der Waals surface area contributed by atoms with Crippen LogP contribution in [0.4, 0.5) is 0 Å². The molecule has 0 aliphatic heterocycles. The summed E-state index contributed by atoms with van der Waals surface area (Å²) in [6.07, 6.45) is 2.27. The number of hydrogen-bond acceptors (Lipinski definition) is 3. The molecule has 0 heterocycles. The van der Waals surface area contributed by atoms with Crippen LogP contribution in [0.1, 0.15) is 26.2 Å². The molecule has 4 atom stereocenters. The predicted octanol–water partition coefficient (Wildman–Crippen LogP) is -0.0173. The number of carboxylic acids is 1. The van der Waals surface area contributed by atoms with Crippen LogP contribution in [0.2, 0.25) is 0 Å². The second-order valence-electron chi connectivity index (χ2n) is 4.85. The summed E-state index contributed by atoms with van der Waals surface area (Å²) in [5, 5.41) is 20.5. The van der Waals surface area contributed by atoms with Gasteiger partial charge in [-0.25, -0.2) is 4.79 Å². The molecule has 5 nitrogen and oxygen atoms in total. The van der Waals surface area contributed by atoms with Crippen LogP contribution in [0.15, 0.2) is 0 Å². The Morgan fingerprint density at radius 1 is 1.31 bits per heavy atom. The fourth-order valence-corrected chi connectivity index (χ4v) is 2.85. The summed E-state index contributed by atoms with van der Waals surface area (Å²) in [5.74, 6) is -0.474. The Balaban J connectivity index is 1.89. The number of amides is 1. The van der Waals surface area contributed by atoms with E-state index >= 15 is 0 Å². The van der Waals surface area contributed by atoms with E-state index in [0.717, 1.165) is 12.8 Å². The van der Waals surface area contributed by atoms with E-state index in [-0.39, 0.29) is 11.8 Å². The zero-order valence-electron chi connectivity index (χ0n) is 9.22. The molecule has 2 saturated carbocycles. The first-order valence-corrected chi connectivity index (χ1v) is 5.73. The number of aliphatic hydroxyl groups excluding tert-OH is 1. The Bertz CT molecular complexity index is 305. The minimum absolute atomic E-state index is 0.00523. The molecule has 0 aromatic carbocycles. The number of carboxylic acid groups (broad SMARTS) is 1. The van der Waals surface area contributed by atoms with E-state index < -0.39 is 18.1 Å². The standard InChI is InChI=1S/C11H17NO4/c1-5(13)9(11(15)16)12-10(14)8-6-3-2-4-7(6)8/h5-9,13H,2-4H2,1H3,(H,12,14)(H,15,16)/t5-,6?,7?,8?,9+/m1/s1. The average molecular weight is 227 g/mol. The van der Waals surface area contributed by atoms with Gasteiger partial charge in [-0.1, -0.05) is 6.42 Å². The lowest BCUT2D eigenvalue weighted by Gasteiger charge is -2.17. The van der Waals surface area contributed by atoms with Gasteiger partial charge < -0.3 is 15.5 Å². The summed E-state index contributed by atoms with van der Waals surface area (Å²) in [6.45, 7) is 1.37. The highest BCUT2D eigenvalue weighted by molar-refractivity contribution is 5.87. The molecule has 0 radical (unpaired) electrons. The summed E-state index contributed by atoms with van der Waals surface area (Å²) in [6, 6.07) is -1.19. The van der Waals surface area contributed by atoms with Crippen LogP contribution in [0, 0.1) is 17.8 Å². The van der Waals surface area contributed by atoms with E-state index in [1.165, 1.54) is 13.3 Å². The Morgan fingerprint density at radius 3 is 2.31 bits per heavy atom. The second-order valence-corrected chi connectivity index (χ2v) is 4.85. The van der Waals surface area contributed by atoms with Crippen molar-refractivity contribution in [3.05, 3.63) is 0 Å². The van der Waals surface area contributed by atoms with Gasteiger partial charge in [0.1, 0.15) is 0 Å². The maximum absolute atomic E-state index is 11.8. The number of fused-ring (bicyclic) bond motifs is 1. The zero-order valence-corrected chi connectivity index (χ0v) is 9.22. The van der Waals surface area contributed by atoms with Gasteiger partial charge in [0.25, 0.3) is 0 Å². The molecule has 16 heavy (non-hydrogen) atoms. The molecule has 2 rings (SSSR count). The number of carbonyl (C=O) groups is 2. The normalized spacial score (nSPS) is 35.0. The first-order chi connectivity index (χ1) is 7.52. The van der Waals surface area contributed by atoms with Crippen LogP contribution in [0.25, 0.3) is 0 Å². The first kappa shape index (κ1) is 11.4. The molecule has 2 unspecified atom stereocenters. The van der Waals surface area contributed by atoms with E-state index in [1.807, 2.05) is 0 Å². The van der Waals surface area contributed by atoms with Gasteiger partial charge in [0.15, 0.2) is 6.04 Å².